The topological polar surface area (TPSA) is 34.9 Å². The van der Waals surface area contributed by atoms with Gasteiger partial charge in [-0.2, -0.15) is 18.3 Å². The van der Waals surface area contributed by atoms with Gasteiger partial charge in [0.25, 0.3) is 5.78 Å². The van der Waals surface area contributed by atoms with Crippen LogP contribution < -0.4 is 0 Å². The fraction of sp³-hybridized carbons (Fsp3) is 0.0667. The molecule has 0 radical (unpaired) electrons. The fourth-order valence-corrected chi connectivity index (χ4v) is 3.04. The molecule has 0 N–H and O–H groups in total. The lowest BCUT2D eigenvalue weighted by atomic mass is 10.1. The summed E-state index contributed by atoms with van der Waals surface area (Å²) >= 11 is 0.822. The predicted octanol–water partition coefficient (Wildman–Crippen LogP) is 4.35. The van der Waals surface area contributed by atoms with Crippen molar-refractivity contribution < 1.29 is 18.0 Å². The van der Waals surface area contributed by atoms with Crippen molar-refractivity contribution in [2.45, 2.75) is 6.18 Å². The number of rotatable bonds is 3. The highest BCUT2D eigenvalue weighted by Gasteiger charge is 2.40. The normalized spacial score (nSPS) is 11.6. The third-order valence-electron chi connectivity index (χ3n) is 3.01. The minimum Gasteiger partial charge on any atom is -0.283 e. The Balaban J connectivity index is 2.04. The summed E-state index contributed by atoms with van der Waals surface area (Å²) in [6.45, 7) is 0. The molecule has 0 atom stereocenters. The van der Waals surface area contributed by atoms with Crippen molar-refractivity contribution in [2.24, 2.45) is 0 Å². The molecule has 3 aromatic rings. The van der Waals surface area contributed by atoms with Gasteiger partial charge in [-0.15, -0.1) is 11.3 Å². The second kappa shape index (κ2) is 5.42. The molecule has 0 unspecified atom stereocenters. The summed E-state index contributed by atoms with van der Waals surface area (Å²) in [5.41, 5.74) is 1.46. The summed E-state index contributed by atoms with van der Waals surface area (Å²) < 4.78 is 39.1. The number of para-hydroxylation sites is 1. The molecule has 0 fully saturated rings. The highest BCUT2D eigenvalue weighted by atomic mass is 32.1. The van der Waals surface area contributed by atoms with E-state index >= 15 is 0 Å². The molecule has 1 aromatic carbocycles. The van der Waals surface area contributed by atoms with Crippen molar-refractivity contribution in [3.63, 3.8) is 0 Å². The second-order valence-electron chi connectivity index (χ2n) is 4.46. The predicted molar refractivity (Wildman–Crippen MR) is 77.3 cm³/mol. The third kappa shape index (κ3) is 2.67. The second-order valence-corrected chi connectivity index (χ2v) is 5.54. The molecule has 2 heterocycles. The monoisotopic (exact) mass is 322 g/mol. The Labute approximate surface area is 127 Å². The number of hydrogen-bond acceptors (Lipinski definition) is 3. The van der Waals surface area contributed by atoms with Crippen LogP contribution in [0, 0.1) is 0 Å². The molecule has 2 aromatic heterocycles. The summed E-state index contributed by atoms with van der Waals surface area (Å²) in [6.07, 6.45) is -1.50. The molecule has 7 heteroatoms. The van der Waals surface area contributed by atoms with E-state index in [0.717, 1.165) is 22.6 Å². The molecular formula is C15H9F3N2OS. The largest absolute Gasteiger partial charge is 0.455 e. The van der Waals surface area contributed by atoms with Crippen molar-refractivity contribution in [1.82, 2.24) is 9.78 Å². The molecule has 0 saturated carbocycles. The quantitative estimate of drug-likeness (QED) is 0.672. The Bertz CT molecular complexity index is 806. The molecule has 0 amide bonds. The van der Waals surface area contributed by atoms with Gasteiger partial charge in [-0.1, -0.05) is 18.2 Å². The maximum absolute atomic E-state index is 12.5. The molecular weight excluding hydrogens is 313 g/mol. The number of alkyl halides is 3. The van der Waals surface area contributed by atoms with Gasteiger partial charge in [-0.05, 0) is 24.3 Å². The van der Waals surface area contributed by atoms with Crippen LogP contribution in [-0.4, -0.2) is 21.7 Å². The fourth-order valence-electron chi connectivity index (χ4n) is 2.04. The van der Waals surface area contributed by atoms with Crippen LogP contribution in [0.3, 0.4) is 0 Å². The summed E-state index contributed by atoms with van der Waals surface area (Å²) in [7, 11) is 0. The molecule has 0 saturated heterocycles. The van der Waals surface area contributed by atoms with Gasteiger partial charge in [-0.25, -0.2) is 4.68 Å². The van der Waals surface area contributed by atoms with Crippen molar-refractivity contribution >= 4 is 17.1 Å². The number of carbonyl (C=O) groups excluding carboxylic acids is 1. The summed E-state index contributed by atoms with van der Waals surface area (Å²) in [4.78, 5) is 11.6. The number of carbonyl (C=O) groups is 1. The van der Waals surface area contributed by atoms with Gasteiger partial charge in [0.1, 0.15) is 0 Å². The van der Waals surface area contributed by atoms with Crippen molar-refractivity contribution in [3.8, 4) is 16.1 Å². The first-order chi connectivity index (χ1) is 10.5. The standard InChI is InChI=1S/C15H9F3N2OS/c16-15(17,18)14(21)13-7-6-12(22-13)10-4-1-2-5-11(10)20-9-3-8-19-20/h1-9H. The Hall–Kier alpha value is -2.41. The number of hydrogen-bond donors (Lipinski definition) is 0. The number of aromatic nitrogens is 2. The van der Waals surface area contributed by atoms with E-state index in [1.165, 1.54) is 12.1 Å². The molecule has 112 valence electrons. The van der Waals surface area contributed by atoms with Crippen LogP contribution >= 0.6 is 11.3 Å². The van der Waals surface area contributed by atoms with E-state index in [4.69, 9.17) is 0 Å². The number of Topliss-reactive ketones (excluding diaryl/α,β-unsaturated/α-hetero) is 1. The van der Waals surface area contributed by atoms with Gasteiger partial charge in [0.15, 0.2) is 0 Å². The minimum absolute atomic E-state index is 0.322. The van der Waals surface area contributed by atoms with E-state index in [0.29, 0.717) is 4.88 Å². The molecule has 22 heavy (non-hydrogen) atoms. The Morgan fingerprint density at radius 3 is 2.55 bits per heavy atom. The molecule has 0 spiro atoms. The molecule has 0 aliphatic heterocycles. The zero-order valence-electron chi connectivity index (χ0n) is 11.0. The maximum Gasteiger partial charge on any atom is 0.455 e. The molecule has 0 aliphatic rings. The SMILES string of the molecule is O=C(c1ccc(-c2ccccc2-n2cccn2)s1)C(F)(F)F. The third-order valence-corrected chi connectivity index (χ3v) is 4.13. The van der Waals surface area contributed by atoms with E-state index < -0.39 is 12.0 Å². The van der Waals surface area contributed by atoms with E-state index in [9.17, 15) is 18.0 Å². The Kier molecular flexibility index (Phi) is 3.58. The zero-order chi connectivity index (χ0) is 15.7. The highest BCUT2D eigenvalue weighted by Crippen LogP contribution is 2.34. The van der Waals surface area contributed by atoms with Gasteiger partial charge >= 0.3 is 6.18 Å². The molecule has 3 nitrogen and oxygen atoms in total. The lowest BCUT2D eigenvalue weighted by Crippen LogP contribution is -2.21. The molecule has 0 aliphatic carbocycles. The van der Waals surface area contributed by atoms with Crippen molar-refractivity contribution in [2.75, 3.05) is 0 Å². The van der Waals surface area contributed by atoms with Crippen LogP contribution in [-0.2, 0) is 0 Å². The number of benzene rings is 1. The van der Waals surface area contributed by atoms with Gasteiger partial charge in [-0.3, -0.25) is 4.79 Å². The maximum atomic E-state index is 12.5. The van der Waals surface area contributed by atoms with E-state index in [-0.39, 0.29) is 4.88 Å². The average molecular weight is 322 g/mol. The summed E-state index contributed by atoms with van der Waals surface area (Å²) in [5.74, 6) is -1.82. The van der Waals surface area contributed by atoms with Gasteiger partial charge < -0.3 is 0 Å². The first-order valence-electron chi connectivity index (χ1n) is 6.27. The molecule has 3 rings (SSSR count). The Morgan fingerprint density at radius 1 is 1.09 bits per heavy atom. The minimum atomic E-state index is -4.86. The van der Waals surface area contributed by atoms with Crippen molar-refractivity contribution in [1.29, 1.82) is 0 Å². The average Bonchev–Trinajstić information content (AvgIpc) is 3.17. The lowest BCUT2D eigenvalue weighted by Gasteiger charge is -2.07. The first kappa shape index (κ1) is 14.5. The highest BCUT2D eigenvalue weighted by molar-refractivity contribution is 7.17. The zero-order valence-corrected chi connectivity index (χ0v) is 11.9. The van der Waals surface area contributed by atoms with Crippen LogP contribution in [0.15, 0.2) is 54.9 Å². The Morgan fingerprint density at radius 2 is 1.86 bits per heavy atom. The molecule has 0 bridgehead atoms. The number of thiophene rings is 1. The summed E-state index contributed by atoms with van der Waals surface area (Å²) in [6, 6.07) is 11.7. The smallest absolute Gasteiger partial charge is 0.283 e. The lowest BCUT2D eigenvalue weighted by molar-refractivity contribution is -0.0882. The van der Waals surface area contributed by atoms with Crippen LogP contribution in [0.4, 0.5) is 13.2 Å². The van der Waals surface area contributed by atoms with E-state index in [1.54, 1.807) is 35.3 Å². The van der Waals surface area contributed by atoms with Crippen molar-refractivity contribution in [3.05, 3.63) is 59.7 Å². The van der Waals surface area contributed by atoms with Crippen LogP contribution in [0.25, 0.3) is 16.1 Å². The van der Waals surface area contributed by atoms with E-state index in [2.05, 4.69) is 5.10 Å². The first-order valence-corrected chi connectivity index (χ1v) is 7.09. The van der Waals surface area contributed by atoms with Crippen LogP contribution in [0.1, 0.15) is 9.67 Å². The van der Waals surface area contributed by atoms with Gasteiger partial charge in [0.05, 0.1) is 10.6 Å². The van der Waals surface area contributed by atoms with Gasteiger partial charge in [0, 0.05) is 22.8 Å². The number of ketones is 1. The van der Waals surface area contributed by atoms with E-state index in [1.807, 2.05) is 12.1 Å². The summed E-state index contributed by atoms with van der Waals surface area (Å²) in [5, 5.41) is 4.13. The number of nitrogens with zero attached hydrogens (tertiary/aromatic N) is 2. The van der Waals surface area contributed by atoms with Gasteiger partial charge in [0.2, 0.25) is 0 Å². The number of halogens is 3. The van der Waals surface area contributed by atoms with Crippen LogP contribution in [0.5, 0.6) is 0 Å². The van der Waals surface area contributed by atoms with Crippen LogP contribution in [0.2, 0.25) is 0 Å².